The van der Waals surface area contributed by atoms with Gasteiger partial charge in [0.25, 0.3) is 0 Å². The second-order valence-corrected chi connectivity index (χ2v) is 10.4. The molecule has 0 saturated heterocycles. The minimum atomic E-state index is 0.109. The lowest BCUT2D eigenvalue weighted by Crippen LogP contribution is -2.18. The number of benzene rings is 1. The summed E-state index contributed by atoms with van der Waals surface area (Å²) < 4.78 is 0. The van der Waals surface area contributed by atoms with Crippen molar-refractivity contribution in [3.63, 3.8) is 0 Å². The van der Waals surface area contributed by atoms with Crippen LogP contribution >= 0.6 is 0 Å². The van der Waals surface area contributed by atoms with Crippen molar-refractivity contribution in [1.29, 1.82) is 5.41 Å². The first kappa shape index (κ1) is 46.1. The molecule has 0 bridgehead atoms. The van der Waals surface area contributed by atoms with E-state index in [2.05, 4.69) is 80.0 Å². The van der Waals surface area contributed by atoms with Gasteiger partial charge in [0.15, 0.2) is 0 Å². The van der Waals surface area contributed by atoms with Crippen molar-refractivity contribution in [2.75, 3.05) is 0 Å². The summed E-state index contributed by atoms with van der Waals surface area (Å²) in [6, 6.07) is 4.69. The van der Waals surface area contributed by atoms with Crippen LogP contribution in [0.3, 0.4) is 0 Å². The molecule has 0 fully saturated rings. The van der Waals surface area contributed by atoms with E-state index in [4.69, 9.17) is 5.41 Å². The Kier molecular flexibility index (Phi) is 36.7. The monoisotopic (exact) mass is 570 g/mol. The highest BCUT2D eigenvalue weighted by Gasteiger charge is 2.21. The maximum absolute atomic E-state index is 8.94. The van der Waals surface area contributed by atoms with Gasteiger partial charge in [-0.05, 0) is 86.6 Å². The maximum Gasteiger partial charge on any atom is 0.0460 e. The Bertz CT molecular complexity index is 750. The molecule has 2 atom stereocenters. The van der Waals surface area contributed by atoms with Gasteiger partial charge in [0, 0.05) is 11.6 Å². The van der Waals surface area contributed by atoms with Gasteiger partial charge in [-0.2, -0.15) is 0 Å². The molecule has 0 heterocycles. The van der Waals surface area contributed by atoms with Crippen LogP contribution in [0.5, 0.6) is 0 Å². The summed E-state index contributed by atoms with van der Waals surface area (Å²) in [7, 11) is 0. The first-order valence-corrected chi connectivity index (χ1v) is 17.3. The number of hydrogen-bond donors (Lipinski definition) is 1. The molecule has 1 rings (SSSR count). The number of aryl methyl sites for hydroxylation is 2. The predicted octanol–water partition coefficient (Wildman–Crippen LogP) is 14.4. The van der Waals surface area contributed by atoms with Gasteiger partial charge in [-0.1, -0.05) is 138 Å². The van der Waals surface area contributed by atoms with E-state index in [1.54, 1.807) is 0 Å². The van der Waals surface area contributed by atoms with Gasteiger partial charge >= 0.3 is 0 Å². The normalized spacial score (nSPS) is 11.1. The highest BCUT2D eigenvalue weighted by molar-refractivity contribution is 6.02. The fourth-order valence-corrected chi connectivity index (χ4v) is 5.55. The highest BCUT2D eigenvalue weighted by atomic mass is 14.5. The fraction of sp³-hybridized carbons (Fsp3) is 0.675. The summed E-state index contributed by atoms with van der Waals surface area (Å²) in [5.41, 5.74) is 7.03. The summed E-state index contributed by atoms with van der Waals surface area (Å²) in [6.07, 6.45) is 17.1. The van der Waals surface area contributed by atoms with E-state index in [0.717, 1.165) is 35.6 Å². The van der Waals surface area contributed by atoms with Crippen LogP contribution < -0.4 is 0 Å². The van der Waals surface area contributed by atoms with E-state index >= 15 is 0 Å². The Balaban J connectivity index is -0.000000782. The maximum atomic E-state index is 8.94. The molecule has 2 unspecified atom stereocenters. The number of allylic oxidation sites excluding steroid dienone is 2. The molecule has 1 aromatic carbocycles. The third-order valence-electron chi connectivity index (χ3n) is 7.39. The molecule has 0 aromatic heterocycles. The van der Waals surface area contributed by atoms with Gasteiger partial charge in [-0.3, -0.25) is 0 Å². The molecule has 0 radical (unpaired) electrons. The zero-order valence-corrected chi connectivity index (χ0v) is 30.3. The minimum absolute atomic E-state index is 0.109. The van der Waals surface area contributed by atoms with Crippen LogP contribution in [0.1, 0.15) is 174 Å². The molecular weight excluding hydrogens is 494 g/mol. The summed E-state index contributed by atoms with van der Waals surface area (Å²) in [5, 5.41) is 8.94. The van der Waals surface area contributed by atoms with E-state index < -0.39 is 0 Å². The summed E-state index contributed by atoms with van der Waals surface area (Å²) >= 11 is 0. The van der Waals surface area contributed by atoms with E-state index in [9.17, 15) is 0 Å². The van der Waals surface area contributed by atoms with Crippen LogP contribution in [0, 0.1) is 31.1 Å². The average molecular weight is 570 g/mol. The molecular formula is C40H75N. The minimum Gasteiger partial charge on any atom is -0.304 e. The van der Waals surface area contributed by atoms with Crippen LogP contribution in [0.25, 0.3) is 0 Å². The molecule has 0 saturated carbocycles. The molecule has 1 nitrogen and oxygen atoms in total. The molecule has 240 valence electrons. The Morgan fingerprint density at radius 1 is 0.756 bits per heavy atom. The zero-order chi connectivity index (χ0) is 32.8. The van der Waals surface area contributed by atoms with Gasteiger partial charge in [0.2, 0.25) is 0 Å². The van der Waals surface area contributed by atoms with Gasteiger partial charge in [-0.15, -0.1) is 19.7 Å². The van der Waals surface area contributed by atoms with E-state index in [1.807, 2.05) is 47.6 Å². The SMILES string of the molecule is C=C.C=CCCC(C(=C)C)C(=N)c1cc(C)c(C(CCC)CCCCC(CCC)CCC)cc1C.CC.CC.CC. The second-order valence-electron chi connectivity index (χ2n) is 10.4. The van der Waals surface area contributed by atoms with Crippen LogP contribution in [0.15, 0.2) is 50.1 Å². The molecule has 0 amide bonds. The van der Waals surface area contributed by atoms with Crippen molar-refractivity contribution in [2.24, 2.45) is 11.8 Å². The van der Waals surface area contributed by atoms with Crippen molar-refractivity contribution < 1.29 is 0 Å². The molecule has 1 heteroatoms. The Morgan fingerprint density at radius 3 is 1.68 bits per heavy atom. The van der Waals surface area contributed by atoms with Crippen molar-refractivity contribution in [3.8, 4) is 0 Å². The summed E-state index contributed by atoms with van der Waals surface area (Å²) in [5.74, 6) is 1.68. The predicted molar refractivity (Wildman–Crippen MR) is 195 cm³/mol. The number of unbranched alkanes of at least 4 members (excludes halogenated alkanes) is 1. The van der Waals surface area contributed by atoms with Gasteiger partial charge in [0.1, 0.15) is 0 Å². The van der Waals surface area contributed by atoms with E-state index in [1.165, 1.54) is 80.9 Å². The van der Waals surface area contributed by atoms with Crippen molar-refractivity contribution in [2.45, 2.75) is 166 Å². The lowest BCUT2D eigenvalue weighted by atomic mass is 9.81. The Morgan fingerprint density at radius 2 is 1.24 bits per heavy atom. The molecule has 1 aromatic rings. The highest BCUT2D eigenvalue weighted by Crippen LogP contribution is 2.33. The number of hydrogen-bond acceptors (Lipinski definition) is 1. The third-order valence-corrected chi connectivity index (χ3v) is 7.39. The standard InChI is InChI=1S/C32H53N.3C2H6.C2H4/c1-9-13-21-29(24(5)6)32(33)31-23-25(7)30(22-26(31)8)28(18-12-4)20-15-14-19-27(16-10-2)17-11-3;4*1-2/h9,22-23,27-29,33H,1,5,10-21H2,2-4,6-8H3;3*1-2H3;1-2H2. The second kappa shape index (κ2) is 32.6. The molecule has 1 N–H and O–H groups in total. The van der Waals surface area contributed by atoms with Gasteiger partial charge in [0.05, 0.1) is 0 Å². The van der Waals surface area contributed by atoms with Crippen LogP contribution in [-0.2, 0) is 0 Å². The largest absolute Gasteiger partial charge is 0.304 e. The summed E-state index contributed by atoms with van der Waals surface area (Å²) in [4.78, 5) is 0. The first-order valence-electron chi connectivity index (χ1n) is 17.3. The molecule has 0 spiro atoms. The quantitative estimate of drug-likeness (QED) is 0.103. The zero-order valence-electron chi connectivity index (χ0n) is 30.3. The Labute approximate surface area is 260 Å². The lowest BCUT2D eigenvalue weighted by Gasteiger charge is -2.24. The van der Waals surface area contributed by atoms with Crippen LogP contribution in [-0.4, -0.2) is 5.71 Å². The lowest BCUT2D eigenvalue weighted by molar-refractivity contribution is 0.386. The van der Waals surface area contributed by atoms with Crippen LogP contribution in [0.2, 0.25) is 0 Å². The fourth-order valence-electron chi connectivity index (χ4n) is 5.55. The van der Waals surface area contributed by atoms with Crippen molar-refractivity contribution in [3.05, 3.63) is 72.4 Å². The van der Waals surface area contributed by atoms with Crippen LogP contribution in [0.4, 0.5) is 0 Å². The molecule has 0 aliphatic heterocycles. The topological polar surface area (TPSA) is 23.9 Å². The number of nitrogens with one attached hydrogen (secondary N) is 1. The first-order chi connectivity index (χ1) is 19.8. The van der Waals surface area contributed by atoms with Gasteiger partial charge in [-0.25, -0.2) is 0 Å². The van der Waals surface area contributed by atoms with Gasteiger partial charge < -0.3 is 5.41 Å². The summed E-state index contributed by atoms with van der Waals surface area (Å²) in [6.45, 7) is 39.5. The molecule has 0 aliphatic carbocycles. The van der Waals surface area contributed by atoms with E-state index in [0.29, 0.717) is 5.92 Å². The van der Waals surface area contributed by atoms with Crippen molar-refractivity contribution >= 4 is 5.71 Å². The number of rotatable bonds is 18. The smallest absolute Gasteiger partial charge is 0.0460 e. The van der Waals surface area contributed by atoms with Crippen molar-refractivity contribution in [1.82, 2.24) is 0 Å². The average Bonchev–Trinajstić information content (AvgIpc) is 3.00. The third kappa shape index (κ3) is 19.8. The van der Waals surface area contributed by atoms with E-state index in [-0.39, 0.29) is 5.92 Å². The molecule has 41 heavy (non-hydrogen) atoms. The Hall–Kier alpha value is -1.89. The molecule has 0 aliphatic rings.